The molecule has 1 aliphatic heterocycles. The van der Waals surface area contributed by atoms with Crippen LogP contribution in [0.2, 0.25) is 0 Å². The number of nitrogens with one attached hydrogen (secondary N) is 1. The Morgan fingerprint density at radius 2 is 2.13 bits per heavy atom. The van der Waals surface area contributed by atoms with Crippen molar-refractivity contribution in [3.8, 4) is 0 Å². The van der Waals surface area contributed by atoms with E-state index >= 15 is 0 Å². The molecule has 8 heteroatoms. The first-order valence-electron chi connectivity index (χ1n) is 7.41. The SMILES string of the molecule is O=C(NC(CS(=O)(=O)Cl)C1CCCOC1)OCc1ccccc1. The molecule has 1 N–H and O–H groups in total. The normalized spacial score (nSPS) is 19.8. The standard InChI is InChI=1S/C15H20ClNO5S/c16-23(19,20)11-14(13-7-4-8-21-10-13)17-15(18)22-9-12-5-2-1-3-6-12/h1-3,5-6,13-14H,4,7-11H2,(H,17,18). The van der Waals surface area contributed by atoms with E-state index < -0.39 is 21.2 Å². The minimum absolute atomic E-state index is 0.0958. The second kappa shape index (κ2) is 8.52. The van der Waals surface area contributed by atoms with Crippen molar-refractivity contribution in [2.45, 2.75) is 25.5 Å². The number of ether oxygens (including phenoxy) is 2. The number of rotatable bonds is 6. The van der Waals surface area contributed by atoms with Crippen LogP contribution in [0.3, 0.4) is 0 Å². The van der Waals surface area contributed by atoms with E-state index in [9.17, 15) is 13.2 Å². The first-order valence-corrected chi connectivity index (χ1v) is 9.89. The molecule has 1 aromatic carbocycles. The van der Waals surface area contributed by atoms with E-state index in [1.54, 1.807) is 0 Å². The number of carbonyl (C=O) groups is 1. The Morgan fingerprint density at radius 3 is 2.74 bits per heavy atom. The lowest BCUT2D eigenvalue weighted by Gasteiger charge is -2.29. The van der Waals surface area contributed by atoms with Crippen LogP contribution in [0.4, 0.5) is 4.79 Å². The molecule has 2 unspecified atom stereocenters. The van der Waals surface area contributed by atoms with Gasteiger partial charge in [-0.15, -0.1) is 0 Å². The predicted octanol–water partition coefficient (Wildman–Crippen LogP) is 2.28. The fourth-order valence-corrected chi connectivity index (χ4v) is 3.70. The van der Waals surface area contributed by atoms with Crippen molar-refractivity contribution in [2.75, 3.05) is 19.0 Å². The fourth-order valence-electron chi connectivity index (χ4n) is 2.51. The van der Waals surface area contributed by atoms with Gasteiger partial charge in [-0.2, -0.15) is 0 Å². The zero-order valence-electron chi connectivity index (χ0n) is 12.6. The lowest BCUT2D eigenvalue weighted by atomic mass is 9.95. The number of benzene rings is 1. The lowest BCUT2D eigenvalue weighted by molar-refractivity contribution is 0.0410. The van der Waals surface area contributed by atoms with Crippen molar-refractivity contribution >= 4 is 25.8 Å². The number of carbonyl (C=O) groups excluding carboxylic acids is 1. The summed E-state index contributed by atoms with van der Waals surface area (Å²) in [5, 5.41) is 2.61. The molecular weight excluding hydrogens is 342 g/mol. The van der Waals surface area contributed by atoms with Gasteiger partial charge in [-0.25, -0.2) is 13.2 Å². The Morgan fingerprint density at radius 1 is 1.39 bits per heavy atom. The average molecular weight is 362 g/mol. The van der Waals surface area contributed by atoms with Gasteiger partial charge in [-0.05, 0) is 18.4 Å². The van der Waals surface area contributed by atoms with Crippen LogP contribution < -0.4 is 5.32 Å². The molecule has 0 aromatic heterocycles. The van der Waals surface area contributed by atoms with Crippen LogP contribution in [-0.2, 0) is 25.1 Å². The first-order chi connectivity index (χ1) is 10.9. The predicted molar refractivity (Wildman–Crippen MR) is 86.7 cm³/mol. The van der Waals surface area contributed by atoms with Crippen molar-refractivity contribution in [3.05, 3.63) is 35.9 Å². The minimum Gasteiger partial charge on any atom is -0.445 e. The quantitative estimate of drug-likeness (QED) is 0.786. The van der Waals surface area contributed by atoms with E-state index in [1.165, 1.54) is 0 Å². The summed E-state index contributed by atoms with van der Waals surface area (Å²) in [4.78, 5) is 11.9. The summed E-state index contributed by atoms with van der Waals surface area (Å²) in [7, 11) is 1.60. The average Bonchev–Trinajstić information content (AvgIpc) is 2.53. The van der Waals surface area contributed by atoms with Crippen LogP contribution in [0.5, 0.6) is 0 Å². The Hall–Kier alpha value is -1.31. The van der Waals surface area contributed by atoms with E-state index in [-0.39, 0.29) is 18.3 Å². The summed E-state index contributed by atoms with van der Waals surface area (Å²) in [6.07, 6.45) is 0.935. The van der Waals surface area contributed by atoms with Crippen molar-refractivity contribution < 1.29 is 22.7 Å². The van der Waals surface area contributed by atoms with Gasteiger partial charge in [0.1, 0.15) is 6.61 Å². The molecule has 0 saturated carbocycles. The largest absolute Gasteiger partial charge is 0.445 e. The Balaban J connectivity index is 1.91. The van der Waals surface area contributed by atoms with Crippen molar-refractivity contribution in [1.82, 2.24) is 5.32 Å². The van der Waals surface area contributed by atoms with Crippen molar-refractivity contribution in [2.24, 2.45) is 5.92 Å². The molecule has 0 aliphatic carbocycles. The van der Waals surface area contributed by atoms with E-state index in [1.807, 2.05) is 30.3 Å². The van der Waals surface area contributed by atoms with Crippen LogP contribution in [0, 0.1) is 5.92 Å². The van der Waals surface area contributed by atoms with Gasteiger partial charge in [0.05, 0.1) is 18.4 Å². The number of hydrogen-bond donors (Lipinski definition) is 1. The number of alkyl carbamates (subject to hydrolysis) is 1. The van der Waals surface area contributed by atoms with Crippen LogP contribution >= 0.6 is 10.7 Å². The molecule has 1 aromatic rings. The second-order valence-corrected chi connectivity index (χ2v) is 8.32. The summed E-state index contributed by atoms with van der Waals surface area (Å²) in [6.45, 7) is 1.17. The first kappa shape index (κ1) is 18.0. The van der Waals surface area contributed by atoms with Gasteiger partial charge in [-0.3, -0.25) is 0 Å². The number of hydrogen-bond acceptors (Lipinski definition) is 5. The smallest absolute Gasteiger partial charge is 0.407 e. The maximum absolute atomic E-state index is 11.9. The monoisotopic (exact) mass is 361 g/mol. The molecule has 1 amide bonds. The number of halogens is 1. The zero-order valence-corrected chi connectivity index (χ0v) is 14.2. The molecule has 2 atom stereocenters. The highest BCUT2D eigenvalue weighted by Crippen LogP contribution is 2.20. The van der Waals surface area contributed by atoms with E-state index in [0.29, 0.717) is 13.2 Å². The summed E-state index contributed by atoms with van der Waals surface area (Å²) >= 11 is 0. The second-order valence-electron chi connectivity index (χ2n) is 5.50. The van der Waals surface area contributed by atoms with Gasteiger partial charge >= 0.3 is 6.09 Å². The highest BCUT2D eigenvalue weighted by atomic mass is 35.7. The van der Waals surface area contributed by atoms with Crippen LogP contribution in [0.1, 0.15) is 18.4 Å². The molecule has 0 spiro atoms. The molecule has 0 radical (unpaired) electrons. The van der Waals surface area contributed by atoms with Crippen LogP contribution in [-0.4, -0.2) is 39.5 Å². The summed E-state index contributed by atoms with van der Waals surface area (Å²) < 4.78 is 33.2. The van der Waals surface area contributed by atoms with Gasteiger partial charge in [-0.1, -0.05) is 30.3 Å². The molecule has 1 heterocycles. The minimum atomic E-state index is -3.74. The van der Waals surface area contributed by atoms with Gasteiger partial charge < -0.3 is 14.8 Å². The molecule has 1 fully saturated rings. The molecule has 6 nitrogen and oxygen atoms in total. The molecule has 1 aliphatic rings. The molecular formula is C15H20ClNO5S. The molecule has 0 bridgehead atoms. The third kappa shape index (κ3) is 6.76. The zero-order chi connectivity index (χ0) is 16.7. The van der Waals surface area contributed by atoms with Crippen LogP contribution in [0.25, 0.3) is 0 Å². The third-order valence-electron chi connectivity index (χ3n) is 3.66. The molecule has 1 saturated heterocycles. The Labute approximate surface area is 140 Å². The maximum atomic E-state index is 11.9. The Kier molecular flexibility index (Phi) is 6.68. The highest BCUT2D eigenvalue weighted by molar-refractivity contribution is 8.13. The van der Waals surface area contributed by atoms with Crippen molar-refractivity contribution in [3.63, 3.8) is 0 Å². The highest BCUT2D eigenvalue weighted by Gasteiger charge is 2.29. The molecule has 23 heavy (non-hydrogen) atoms. The summed E-state index contributed by atoms with van der Waals surface area (Å²) in [6, 6.07) is 8.61. The Bertz CT molecular complexity index is 602. The summed E-state index contributed by atoms with van der Waals surface area (Å²) in [5.74, 6) is -0.440. The van der Waals surface area contributed by atoms with E-state index in [2.05, 4.69) is 5.32 Å². The lowest BCUT2D eigenvalue weighted by Crippen LogP contribution is -2.47. The summed E-state index contributed by atoms with van der Waals surface area (Å²) in [5.41, 5.74) is 0.852. The fraction of sp³-hybridized carbons (Fsp3) is 0.533. The van der Waals surface area contributed by atoms with Crippen LogP contribution in [0.15, 0.2) is 30.3 Å². The van der Waals surface area contributed by atoms with Crippen molar-refractivity contribution in [1.29, 1.82) is 0 Å². The van der Waals surface area contributed by atoms with E-state index in [0.717, 1.165) is 18.4 Å². The number of amides is 1. The van der Waals surface area contributed by atoms with Gasteiger partial charge in [0.15, 0.2) is 0 Å². The van der Waals surface area contributed by atoms with E-state index in [4.69, 9.17) is 20.2 Å². The topological polar surface area (TPSA) is 81.7 Å². The van der Waals surface area contributed by atoms with Gasteiger partial charge in [0, 0.05) is 23.2 Å². The van der Waals surface area contributed by atoms with Gasteiger partial charge in [0.25, 0.3) is 0 Å². The maximum Gasteiger partial charge on any atom is 0.407 e. The third-order valence-corrected chi connectivity index (χ3v) is 4.79. The molecule has 128 valence electrons. The molecule has 2 rings (SSSR count). The van der Waals surface area contributed by atoms with Gasteiger partial charge in [0.2, 0.25) is 9.05 Å².